The largest absolute Gasteiger partial charge is 0.462 e. The summed E-state index contributed by atoms with van der Waals surface area (Å²) in [6.07, 6.45) is -0.182. The van der Waals surface area contributed by atoms with Crippen LogP contribution in [0.4, 0.5) is 20.2 Å². The van der Waals surface area contributed by atoms with Crippen LogP contribution >= 0.6 is 11.6 Å². The summed E-state index contributed by atoms with van der Waals surface area (Å²) < 4.78 is 34.6. The number of anilines is 2. The van der Waals surface area contributed by atoms with E-state index < -0.39 is 12.4 Å². The molecule has 3 aromatic rings. The number of carbonyl (C=O) groups excluding carboxylic acids is 1. The third kappa shape index (κ3) is 6.36. The van der Waals surface area contributed by atoms with Gasteiger partial charge in [0.05, 0.1) is 18.8 Å². The van der Waals surface area contributed by atoms with Gasteiger partial charge in [-0.3, -0.25) is 9.58 Å². The van der Waals surface area contributed by atoms with Crippen LogP contribution in [0.1, 0.15) is 62.1 Å². The van der Waals surface area contributed by atoms with Crippen molar-refractivity contribution in [2.24, 2.45) is 0 Å². The number of carbonyl (C=O) groups is 1. The fourth-order valence-electron chi connectivity index (χ4n) is 5.98. The molecule has 2 saturated heterocycles. The lowest BCUT2D eigenvalue weighted by Crippen LogP contribution is -2.48. The van der Waals surface area contributed by atoms with Gasteiger partial charge in [-0.05, 0) is 63.4 Å². The number of aromatic nitrogens is 2. The quantitative estimate of drug-likeness (QED) is 0.275. The van der Waals surface area contributed by atoms with Crippen LogP contribution in [0.15, 0.2) is 48.7 Å². The Hall–Kier alpha value is -3.17. The molecule has 2 aromatic carbocycles. The van der Waals surface area contributed by atoms with Crippen molar-refractivity contribution >= 4 is 28.9 Å². The zero-order valence-corrected chi connectivity index (χ0v) is 24.7. The number of esters is 1. The molecular formula is C31H38ClF2N5O2. The summed E-state index contributed by atoms with van der Waals surface area (Å²) in [5.41, 5.74) is 3.71. The number of hydrogen-bond acceptors (Lipinski definition) is 6. The standard InChI is InChI=1S/C31H38ClF2N5O2/c1-4-41-31(40)27-19-35-39(29(27)30(33)34)25-6-5-13-38(20-25)28-18-23(32)9-12-26(28)22-7-10-24(11-8-22)37-16-14-36(15-17-37)21(2)3/h7-12,18-19,21,25,30H,4-6,13-17,20H2,1-3H3. The maximum atomic E-state index is 14.2. The van der Waals surface area contributed by atoms with Gasteiger partial charge in [0.2, 0.25) is 0 Å². The van der Waals surface area contributed by atoms with Gasteiger partial charge < -0.3 is 14.5 Å². The van der Waals surface area contributed by atoms with Crippen molar-refractivity contribution in [2.45, 2.75) is 52.1 Å². The summed E-state index contributed by atoms with van der Waals surface area (Å²) in [5, 5.41) is 4.85. The topological polar surface area (TPSA) is 53.8 Å². The van der Waals surface area contributed by atoms with Crippen molar-refractivity contribution < 1.29 is 18.3 Å². The Morgan fingerprint density at radius 1 is 1.05 bits per heavy atom. The molecule has 7 nitrogen and oxygen atoms in total. The number of alkyl halides is 2. The van der Waals surface area contributed by atoms with Gasteiger partial charge in [0.15, 0.2) is 0 Å². The Balaban J connectivity index is 1.38. The molecule has 220 valence electrons. The molecule has 0 aliphatic carbocycles. The second-order valence-corrected chi connectivity index (χ2v) is 11.4. The van der Waals surface area contributed by atoms with Crippen molar-refractivity contribution in [3.05, 3.63) is 64.9 Å². The minimum atomic E-state index is -2.85. The number of benzene rings is 2. The highest BCUT2D eigenvalue weighted by atomic mass is 35.5. The predicted octanol–water partition coefficient (Wildman–Crippen LogP) is 6.69. The molecule has 10 heteroatoms. The maximum Gasteiger partial charge on any atom is 0.341 e. The smallest absolute Gasteiger partial charge is 0.341 e. The third-order valence-corrected chi connectivity index (χ3v) is 8.40. The second kappa shape index (κ2) is 12.8. The minimum Gasteiger partial charge on any atom is -0.462 e. The predicted molar refractivity (Wildman–Crippen MR) is 159 cm³/mol. The van der Waals surface area contributed by atoms with Crippen molar-refractivity contribution in [2.75, 3.05) is 55.7 Å². The molecule has 0 amide bonds. The Labute approximate surface area is 245 Å². The van der Waals surface area contributed by atoms with Crippen molar-refractivity contribution in [1.82, 2.24) is 14.7 Å². The monoisotopic (exact) mass is 585 g/mol. The first-order chi connectivity index (χ1) is 19.8. The van der Waals surface area contributed by atoms with Crippen LogP contribution in [-0.2, 0) is 4.74 Å². The molecule has 0 radical (unpaired) electrons. The molecule has 2 fully saturated rings. The lowest BCUT2D eigenvalue weighted by Gasteiger charge is -2.38. The average molecular weight is 586 g/mol. The number of piperidine rings is 1. The Kier molecular flexibility index (Phi) is 9.14. The van der Waals surface area contributed by atoms with Crippen LogP contribution in [0, 0.1) is 0 Å². The van der Waals surface area contributed by atoms with Crippen LogP contribution in [0.2, 0.25) is 5.02 Å². The maximum absolute atomic E-state index is 14.2. The summed E-state index contributed by atoms with van der Waals surface area (Å²) >= 11 is 6.47. The van der Waals surface area contributed by atoms with Crippen LogP contribution in [0.25, 0.3) is 11.1 Å². The summed E-state index contributed by atoms with van der Waals surface area (Å²) in [7, 11) is 0. The van der Waals surface area contributed by atoms with E-state index in [1.165, 1.54) is 16.6 Å². The molecule has 1 atom stereocenters. The first kappa shape index (κ1) is 29.3. The third-order valence-electron chi connectivity index (χ3n) is 8.17. The molecule has 0 saturated carbocycles. The molecule has 3 heterocycles. The highest BCUT2D eigenvalue weighted by Crippen LogP contribution is 2.38. The van der Waals surface area contributed by atoms with E-state index in [1.54, 1.807) is 6.92 Å². The summed E-state index contributed by atoms with van der Waals surface area (Å²) in [6, 6.07) is 14.7. The zero-order valence-electron chi connectivity index (χ0n) is 23.9. The molecule has 0 N–H and O–H groups in total. The number of ether oxygens (including phenoxy) is 1. The van der Waals surface area contributed by atoms with E-state index in [0.717, 1.165) is 56.0 Å². The molecule has 1 unspecified atom stereocenters. The molecule has 2 aliphatic heterocycles. The van der Waals surface area contributed by atoms with E-state index in [1.807, 2.05) is 18.2 Å². The fourth-order valence-corrected chi connectivity index (χ4v) is 6.14. The minimum absolute atomic E-state index is 0.108. The molecule has 0 bridgehead atoms. The van der Waals surface area contributed by atoms with E-state index >= 15 is 0 Å². The SMILES string of the molecule is CCOC(=O)c1cnn(C2CCCN(c3cc(Cl)ccc3-c3ccc(N4CCN(C(C)C)CC4)cc3)C2)c1C(F)F. The van der Waals surface area contributed by atoms with Gasteiger partial charge in [0.1, 0.15) is 11.3 Å². The normalized spacial score (nSPS) is 18.4. The number of nitrogens with zero attached hydrogens (tertiary/aromatic N) is 5. The van der Waals surface area contributed by atoms with Gasteiger partial charge in [-0.15, -0.1) is 0 Å². The first-order valence-electron chi connectivity index (χ1n) is 14.4. The fraction of sp³-hybridized carbons (Fsp3) is 0.484. The number of hydrogen-bond donors (Lipinski definition) is 0. The van der Waals surface area contributed by atoms with Crippen molar-refractivity contribution in [3.8, 4) is 11.1 Å². The van der Waals surface area contributed by atoms with Crippen LogP contribution in [0.3, 0.4) is 0 Å². The molecule has 1 aromatic heterocycles. The first-order valence-corrected chi connectivity index (χ1v) is 14.8. The zero-order chi connectivity index (χ0) is 29.1. The highest BCUT2D eigenvalue weighted by Gasteiger charge is 2.32. The lowest BCUT2D eigenvalue weighted by molar-refractivity contribution is 0.0512. The Bertz CT molecular complexity index is 1340. The molecule has 2 aliphatic rings. The number of rotatable bonds is 8. The molecular weight excluding hydrogens is 548 g/mol. The summed E-state index contributed by atoms with van der Waals surface area (Å²) in [4.78, 5) is 19.4. The van der Waals surface area contributed by atoms with Crippen LogP contribution in [0.5, 0.6) is 0 Å². The highest BCUT2D eigenvalue weighted by molar-refractivity contribution is 6.31. The molecule has 5 rings (SSSR count). The van der Waals surface area contributed by atoms with Gasteiger partial charge in [-0.25, -0.2) is 13.6 Å². The average Bonchev–Trinajstić information content (AvgIpc) is 3.44. The van der Waals surface area contributed by atoms with E-state index in [-0.39, 0.29) is 23.9 Å². The number of piperazine rings is 1. The Morgan fingerprint density at radius 3 is 2.44 bits per heavy atom. The van der Waals surface area contributed by atoms with Crippen LogP contribution < -0.4 is 9.80 Å². The van der Waals surface area contributed by atoms with Crippen molar-refractivity contribution in [3.63, 3.8) is 0 Å². The van der Waals surface area contributed by atoms with Gasteiger partial charge >= 0.3 is 5.97 Å². The van der Waals surface area contributed by atoms with Crippen LogP contribution in [-0.4, -0.2) is 72.6 Å². The summed E-state index contributed by atoms with van der Waals surface area (Å²) in [5.74, 6) is -0.774. The van der Waals surface area contributed by atoms with Gasteiger partial charge in [-0.2, -0.15) is 5.10 Å². The van der Waals surface area contributed by atoms with Gasteiger partial charge in [-0.1, -0.05) is 29.8 Å². The van der Waals surface area contributed by atoms with Crippen molar-refractivity contribution in [1.29, 1.82) is 0 Å². The molecule has 41 heavy (non-hydrogen) atoms. The molecule has 0 spiro atoms. The second-order valence-electron chi connectivity index (χ2n) is 11.0. The Morgan fingerprint density at radius 2 is 1.78 bits per heavy atom. The number of halogens is 3. The summed E-state index contributed by atoms with van der Waals surface area (Å²) in [6.45, 7) is 11.6. The van der Waals surface area contributed by atoms with E-state index in [9.17, 15) is 13.6 Å². The van der Waals surface area contributed by atoms with Gasteiger partial charge in [0, 0.05) is 67.3 Å². The lowest BCUT2D eigenvalue weighted by atomic mass is 9.99. The van der Waals surface area contributed by atoms with E-state index in [2.05, 4.69) is 57.9 Å². The van der Waals surface area contributed by atoms with E-state index in [0.29, 0.717) is 24.0 Å². The van der Waals surface area contributed by atoms with E-state index in [4.69, 9.17) is 16.3 Å². The van der Waals surface area contributed by atoms with Gasteiger partial charge in [0.25, 0.3) is 6.43 Å².